The van der Waals surface area contributed by atoms with Gasteiger partial charge in [-0.1, -0.05) is 6.07 Å². The number of nitrogens with zero attached hydrogens (tertiary/aromatic N) is 3. The van der Waals surface area contributed by atoms with E-state index in [1.807, 2.05) is 12.1 Å². The van der Waals surface area contributed by atoms with E-state index in [9.17, 15) is 18.0 Å². The molecule has 2 amide bonds. The lowest BCUT2D eigenvalue weighted by Crippen LogP contribution is -2.32. The zero-order chi connectivity index (χ0) is 20.3. The smallest absolute Gasteiger partial charge is 0.242 e. The Morgan fingerprint density at radius 1 is 1.21 bits per heavy atom. The summed E-state index contributed by atoms with van der Waals surface area (Å²) >= 11 is 0. The topological polar surface area (TPSA) is 99.7 Å². The van der Waals surface area contributed by atoms with Gasteiger partial charge in [-0.2, -0.15) is 0 Å². The van der Waals surface area contributed by atoms with Crippen molar-refractivity contribution in [2.75, 3.05) is 25.5 Å². The standard InChI is InChI=1S/C19H22N4O4S/c1-22(2)28(26,27)17-8-6-16(7-9-17)23-13-14(11-18(23)24)19(25)21-12-15-5-3-4-10-20-15/h3-10,14H,11-13H2,1-2H3,(H,21,25). The van der Waals surface area contributed by atoms with Gasteiger partial charge in [0, 0.05) is 38.9 Å². The third-order valence-electron chi connectivity index (χ3n) is 4.59. The van der Waals surface area contributed by atoms with Crippen LogP contribution in [0.4, 0.5) is 5.69 Å². The number of carbonyl (C=O) groups is 2. The summed E-state index contributed by atoms with van der Waals surface area (Å²) in [4.78, 5) is 30.6. The van der Waals surface area contributed by atoms with Crippen molar-refractivity contribution in [1.82, 2.24) is 14.6 Å². The molecule has 3 rings (SSSR count). The number of hydrogen-bond donors (Lipinski definition) is 1. The van der Waals surface area contributed by atoms with Crippen molar-refractivity contribution in [3.05, 3.63) is 54.4 Å². The first kappa shape index (κ1) is 20.0. The summed E-state index contributed by atoms with van der Waals surface area (Å²) < 4.78 is 25.4. The normalized spacial score (nSPS) is 17.2. The van der Waals surface area contributed by atoms with Crippen molar-refractivity contribution in [2.45, 2.75) is 17.9 Å². The number of benzene rings is 1. The van der Waals surface area contributed by atoms with E-state index >= 15 is 0 Å². The van der Waals surface area contributed by atoms with E-state index in [2.05, 4.69) is 10.3 Å². The molecule has 9 heteroatoms. The van der Waals surface area contributed by atoms with Crippen LogP contribution in [0, 0.1) is 5.92 Å². The predicted molar refractivity (Wildman–Crippen MR) is 104 cm³/mol. The van der Waals surface area contributed by atoms with Gasteiger partial charge in [-0.05, 0) is 36.4 Å². The van der Waals surface area contributed by atoms with Crippen LogP contribution < -0.4 is 10.2 Å². The molecular formula is C19H22N4O4S. The molecule has 1 aliphatic rings. The van der Waals surface area contributed by atoms with Crippen LogP contribution in [0.25, 0.3) is 0 Å². The molecule has 2 aromatic rings. The quantitative estimate of drug-likeness (QED) is 0.777. The molecule has 1 unspecified atom stereocenters. The van der Waals surface area contributed by atoms with E-state index in [4.69, 9.17) is 0 Å². The molecule has 1 aromatic heterocycles. The molecule has 148 valence electrons. The summed E-state index contributed by atoms with van der Waals surface area (Å²) in [5.74, 6) is -0.823. The average Bonchev–Trinajstić information content (AvgIpc) is 3.08. The summed E-state index contributed by atoms with van der Waals surface area (Å²) in [6.45, 7) is 0.564. The van der Waals surface area contributed by atoms with E-state index in [0.29, 0.717) is 12.2 Å². The monoisotopic (exact) mass is 402 g/mol. The maximum absolute atomic E-state index is 12.4. The molecule has 0 radical (unpaired) electrons. The molecule has 8 nitrogen and oxygen atoms in total. The van der Waals surface area contributed by atoms with Crippen LogP contribution in [-0.4, -0.2) is 50.2 Å². The van der Waals surface area contributed by atoms with Crippen molar-refractivity contribution in [3.63, 3.8) is 0 Å². The molecule has 0 aliphatic carbocycles. The predicted octanol–water partition coefficient (Wildman–Crippen LogP) is 1.00. The highest BCUT2D eigenvalue weighted by atomic mass is 32.2. The number of aromatic nitrogens is 1. The maximum Gasteiger partial charge on any atom is 0.242 e. The number of anilines is 1. The van der Waals surface area contributed by atoms with Gasteiger partial charge in [0.25, 0.3) is 0 Å². The zero-order valence-electron chi connectivity index (χ0n) is 15.7. The molecule has 1 aromatic carbocycles. The van der Waals surface area contributed by atoms with Crippen LogP contribution in [-0.2, 0) is 26.2 Å². The average molecular weight is 402 g/mol. The lowest BCUT2D eigenvalue weighted by Gasteiger charge is -2.18. The first-order valence-electron chi connectivity index (χ1n) is 8.79. The fourth-order valence-corrected chi connectivity index (χ4v) is 3.87. The second-order valence-corrected chi connectivity index (χ2v) is 8.88. The second-order valence-electron chi connectivity index (χ2n) is 6.73. The van der Waals surface area contributed by atoms with E-state index in [1.165, 1.54) is 31.1 Å². The van der Waals surface area contributed by atoms with E-state index in [0.717, 1.165) is 10.00 Å². The Labute approximate surface area is 164 Å². The Morgan fingerprint density at radius 3 is 2.54 bits per heavy atom. The summed E-state index contributed by atoms with van der Waals surface area (Å²) in [7, 11) is -0.609. The van der Waals surface area contributed by atoms with Crippen LogP contribution in [0.5, 0.6) is 0 Å². The molecule has 1 atom stereocenters. The van der Waals surface area contributed by atoms with Gasteiger partial charge in [-0.25, -0.2) is 12.7 Å². The molecule has 0 spiro atoms. The van der Waals surface area contributed by atoms with Gasteiger partial charge in [0.2, 0.25) is 21.8 Å². The maximum atomic E-state index is 12.4. The van der Waals surface area contributed by atoms with Crippen molar-refractivity contribution >= 4 is 27.5 Å². The van der Waals surface area contributed by atoms with E-state index in [-0.39, 0.29) is 29.7 Å². The van der Waals surface area contributed by atoms with Gasteiger partial charge in [0.1, 0.15) is 0 Å². The molecule has 2 heterocycles. The SMILES string of the molecule is CN(C)S(=O)(=O)c1ccc(N2CC(C(=O)NCc3ccccn3)CC2=O)cc1. The van der Waals surface area contributed by atoms with Crippen LogP contribution in [0.1, 0.15) is 12.1 Å². The van der Waals surface area contributed by atoms with Gasteiger partial charge in [0.05, 0.1) is 23.1 Å². The number of hydrogen-bond acceptors (Lipinski definition) is 5. The largest absolute Gasteiger partial charge is 0.350 e. The van der Waals surface area contributed by atoms with Crippen LogP contribution >= 0.6 is 0 Å². The van der Waals surface area contributed by atoms with Crippen LogP contribution in [0.2, 0.25) is 0 Å². The summed E-state index contributed by atoms with van der Waals surface area (Å²) in [5, 5.41) is 2.81. The van der Waals surface area contributed by atoms with Crippen LogP contribution in [0.15, 0.2) is 53.6 Å². The number of pyridine rings is 1. The second kappa shape index (κ2) is 8.07. The highest BCUT2D eigenvalue weighted by Crippen LogP contribution is 2.26. The summed E-state index contributed by atoms with van der Waals surface area (Å²) in [5.41, 5.74) is 1.32. The van der Waals surface area contributed by atoms with Crippen LogP contribution in [0.3, 0.4) is 0 Å². The van der Waals surface area contributed by atoms with Crippen molar-refractivity contribution in [2.24, 2.45) is 5.92 Å². The molecule has 1 saturated heterocycles. The fraction of sp³-hybridized carbons (Fsp3) is 0.316. The minimum atomic E-state index is -3.53. The molecule has 1 N–H and O–H groups in total. The van der Waals surface area contributed by atoms with Crippen molar-refractivity contribution in [1.29, 1.82) is 0 Å². The Bertz CT molecular complexity index is 959. The Morgan fingerprint density at radius 2 is 1.93 bits per heavy atom. The Hall–Kier alpha value is -2.78. The van der Waals surface area contributed by atoms with E-state index < -0.39 is 15.9 Å². The number of rotatable bonds is 6. The molecule has 1 fully saturated rings. The lowest BCUT2D eigenvalue weighted by atomic mass is 10.1. The van der Waals surface area contributed by atoms with Gasteiger partial charge in [-0.3, -0.25) is 14.6 Å². The third kappa shape index (κ3) is 4.20. The molecule has 28 heavy (non-hydrogen) atoms. The minimum Gasteiger partial charge on any atom is -0.350 e. The molecule has 1 aliphatic heterocycles. The summed E-state index contributed by atoms with van der Waals surface area (Å²) in [6, 6.07) is 11.6. The first-order valence-corrected chi connectivity index (χ1v) is 10.2. The summed E-state index contributed by atoms with van der Waals surface area (Å²) in [6.07, 6.45) is 1.77. The number of carbonyl (C=O) groups excluding carboxylic acids is 2. The number of nitrogens with one attached hydrogen (secondary N) is 1. The van der Waals surface area contributed by atoms with Crippen molar-refractivity contribution < 1.29 is 18.0 Å². The van der Waals surface area contributed by atoms with Crippen molar-refractivity contribution in [3.8, 4) is 0 Å². The molecular weight excluding hydrogens is 380 g/mol. The lowest BCUT2D eigenvalue weighted by molar-refractivity contribution is -0.126. The highest BCUT2D eigenvalue weighted by Gasteiger charge is 2.35. The number of sulfonamides is 1. The fourth-order valence-electron chi connectivity index (χ4n) is 2.97. The van der Waals surface area contributed by atoms with Gasteiger partial charge in [0.15, 0.2) is 0 Å². The number of amides is 2. The first-order chi connectivity index (χ1) is 13.3. The third-order valence-corrected chi connectivity index (χ3v) is 6.42. The highest BCUT2D eigenvalue weighted by molar-refractivity contribution is 7.89. The molecule has 0 bridgehead atoms. The van der Waals surface area contributed by atoms with E-state index in [1.54, 1.807) is 24.4 Å². The van der Waals surface area contributed by atoms with Gasteiger partial charge >= 0.3 is 0 Å². The van der Waals surface area contributed by atoms with Gasteiger partial charge in [-0.15, -0.1) is 0 Å². The van der Waals surface area contributed by atoms with Gasteiger partial charge < -0.3 is 10.2 Å². The Kier molecular flexibility index (Phi) is 5.76. The minimum absolute atomic E-state index is 0.117. The molecule has 0 saturated carbocycles. The Balaban J connectivity index is 1.65. The zero-order valence-corrected chi connectivity index (χ0v) is 16.5.